The predicted molar refractivity (Wildman–Crippen MR) is 76.7 cm³/mol. The number of benzene rings is 1. The normalized spacial score (nSPS) is 10.3. The lowest BCUT2D eigenvalue weighted by Gasteiger charge is -2.08. The van der Waals surface area contributed by atoms with E-state index < -0.39 is 0 Å². The molecule has 0 radical (unpaired) electrons. The molecule has 1 aromatic carbocycles. The van der Waals surface area contributed by atoms with E-state index in [0.717, 1.165) is 14.9 Å². The average molecular weight is 326 g/mol. The van der Waals surface area contributed by atoms with Gasteiger partial charge in [-0.2, -0.15) is 0 Å². The van der Waals surface area contributed by atoms with E-state index in [1.165, 1.54) is 0 Å². The molecule has 0 bridgehead atoms. The first-order chi connectivity index (χ1) is 8.59. The molecule has 0 saturated carbocycles. The summed E-state index contributed by atoms with van der Waals surface area (Å²) in [6.07, 6.45) is 0. The number of rotatable bonds is 3. The van der Waals surface area contributed by atoms with Gasteiger partial charge in [-0.25, -0.2) is 4.79 Å². The molecule has 0 amide bonds. The third-order valence-corrected chi connectivity index (χ3v) is 4.52. The van der Waals surface area contributed by atoms with Gasteiger partial charge in [-0.05, 0) is 52.0 Å². The number of esters is 1. The fourth-order valence-electron chi connectivity index (χ4n) is 1.51. The van der Waals surface area contributed by atoms with Crippen molar-refractivity contribution < 1.29 is 9.53 Å². The smallest absolute Gasteiger partial charge is 0.338 e. The molecule has 5 heteroatoms. The molecule has 0 saturated heterocycles. The molecule has 0 fully saturated rings. The maximum Gasteiger partial charge on any atom is 0.338 e. The van der Waals surface area contributed by atoms with Crippen LogP contribution in [-0.4, -0.2) is 5.97 Å². The van der Waals surface area contributed by atoms with Gasteiger partial charge in [0.15, 0.2) is 0 Å². The Morgan fingerprint density at radius 1 is 1.44 bits per heavy atom. The predicted octanol–water partition coefficient (Wildman–Crippen LogP) is 3.76. The highest BCUT2D eigenvalue weighted by atomic mass is 79.9. The molecule has 0 aliphatic carbocycles. The van der Waals surface area contributed by atoms with Crippen molar-refractivity contribution in [2.24, 2.45) is 0 Å². The number of ether oxygens (including phenoxy) is 1. The Balaban J connectivity index is 2.09. The van der Waals surface area contributed by atoms with Crippen molar-refractivity contribution in [3.8, 4) is 0 Å². The van der Waals surface area contributed by atoms with Crippen molar-refractivity contribution in [2.75, 3.05) is 5.73 Å². The first-order valence-electron chi connectivity index (χ1n) is 5.33. The lowest BCUT2D eigenvalue weighted by Crippen LogP contribution is -2.08. The van der Waals surface area contributed by atoms with Crippen LogP contribution in [0.5, 0.6) is 0 Å². The summed E-state index contributed by atoms with van der Waals surface area (Å²) >= 11 is 4.94. The van der Waals surface area contributed by atoms with Crippen LogP contribution in [-0.2, 0) is 11.3 Å². The number of halogens is 1. The van der Waals surface area contributed by atoms with Crippen LogP contribution < -0.4 is 5.73 Å². The van der Waals surface area contributed by atoms with E-state index >= 15 is 0 Å². The maximum absolute atomic E-state index is 11.9. The first-order valence-corrected chi connectivity index (χ1v) is 7.01. The van der Waals surface area contributed by atoms with Gasteiger partial charge in [0.1, 0.15) is 6.61 Å². The minimum absolute atomic E-state index is 0.269. The van der Waals surface area contributed by atoms with Gasteiger partial charge in [-0.15, -0.1) is 11.3 Å². The molecule has 2 rings (SSSR count). The maximum atomic E-state index is 11.9. The van der Waals surface area contributed by atoms with Crippen LogP contribution >= 0.6 is 27.3 Å². The van der Waals surface area contributed by atoms with Crippen LogP contribution in [0.15, 0.2) is 34.1 Å². The molecular weight excluding hydrogens is 314 g/mol. The van der Waals surface area contributed by atoms with Crippen LogP contribution in [0.25, 0.3) is 0 Å². The highest BCUT2D eigenvalue weighted by Crippen LogP contribution is 2.24. The zero-order valence-electron chi connectivity index (χ0n) is 9.77. The van der Waals surface area contributed by atoms with Gasteiger partial charge in [0.2, 0.25) is 0 Å². The minimum Gasteiger partial charge on any atom is -0.456 e. The lowest BCUT2D eigenvalue weighted by molar-refractivity contribution is 0.0475. The van der Waals surface area contributed by atoms with E-state index in [2.05, 4.69) is 15.9 Å². The van der Waals surface area contributed by atoms with E-state index in [0.29, 0.717) is 11.3 Å². The second-order valence-electron chi connectivity index (χ2n) is 3.79. The number of anilines is 1. The highest BCUT2D eigenvalue weighted by Gasteiger charge is 2.13. The number of carbonyl (C=O) groups is 1. The van der Waals surface area contributed by atoms with Crippen LogP contribution in [0, 0.1) is 6.92 Å². The average Bonchev–Trinajstić information content (AvgIpc) is 2.75. The number of nitrogens with two attached hydrogens (primary N) is 1. The fraction of sp³-hybridized carbons (Fsp3) is 0.154. The molecule has 18 heavy (non-hydrogen) atoms. The van der Waals surface area contributed by atoms with Gasteiger partial charge in [0.05, 0.1) is 10.4 Å². The number of nitrogen functional groups attached to an aromatic ring is 1. The summed E-state index contributed by atoms with van der Waals surface area (Å²) in [5, 5.41) is 1.94. The molecular formula is C13H12BrNO2S. The third kappa shape index (κ3) is 2.73. The van der Waals surface area contributed by atoms with Gasteiger partial charge in [0.25, 0.3) is 0 Å². The molecule has 1 aromatic heterocycles. The molecule has 0 aliphatic rings. The summed E-state index contributed by atoms with van der Waals surface area (Å²) in [5.74, 6) is -0.347. The Hall–Kier alpha value is -1.33. The van der Waals surface area contributed by atoms with Crippen LogP contribution in [0.1, 0.15) is 20.8 Å². The Morgan fingerprint density at radius 3 is 2.89 bits per heavy atom. The number of thiophene rings is 1. The Kier molecular flexibility index (Phi) is 4.04. The summed E-state index contributed by atoms with van der Waals surface area (Å²) in [4.78, 5) is 12.9. The third-order valence-electron chi connectivity index (χ3n) is 2.62. The van der Waals surface area contributed by atoms with Crippen molar-refractivity contribution in [2.45, 2.75) is 13.5 Å². The quantitative estimate of drug-likeness (QED) is 0.690. The lowest BCUT2D eigenvalue weighted by atomic mass is 10.1. The first kappa shape index (κ1) is 13.1. The largest absolute Gasteiger partial charge is 0.456 e. The van der Waals surface area contributed by atoms with Crippen molar-refractivity contribution in [1.29, 1.82) is 0 Å². The monoisotopic (exact) mass is 325 g/mol. The van der Waals surface area contributed by atoms with E-state index in [1.807, 2.05) is 18.4 Å². The molecule has 2 N–H and O–H groups in total. The number of hydrogen-bond acceptors (Lipinski definition) is 4. The fourth-order valence-corrected chi connectivity index (χ4v) is 2.89. The molecule has 0 spiro atoms. The number of hydrogen-bond donors (Lipinski definition) is 1. The van der Waals surface area contributed by atoms with Gasteiger partial charge in [-0.3, -0.25) is 0 Å². The zero-order valence-corrected chi connectivity index (χ0v) is 12.2. The van der Waals surface area contributed by atoms with Gasteiger partial charge < -0.3 is 10.5 Å². The highest BCUT2D eigenvalue weighted by molar-refractivity contribution is 9.10. The SMILES string of the molecule is Cc1c(N)cccc1C(=O)OCc1sccc1Br. The van der Waals surface area contributed by atoms with Crippen molar-refractivity contribution in [3.63, 3.8) is 0 Å². The Morgan fingerprint density at radius 2 is 2.22 bits per heavy atom. The topological polar surface area (TPSA) is 52.3 Å². The molecule has 2 aromatic rings. The van der Waals surface area contributed by atoms with Crippen LogP contribution in [0.4, 0.5) is 5.69 Å². The Bertz CT molecular complexity index is 580. The molecule has 3 nitrogen and oxygen atoms in total. The second-order valence-corrected chi connectivity index (χ2v) is 5.64. The van der Waals surface area contributed by atoms with Crippen LogP contribution in [0.2, 0.25) is 0 Å². The summed E-state index contributed by atoms with van der Waals surface area (Å²) in [7, 11) is 0. The van der Waals surface area contributed by atoms with Crippen molar-refractivity contribution in [3.05, 3.63) is 50.1 Å². The van der Waals surface area contributed by atoms with Crippen LogP contribution in [0.3, 0.4) is 0 Å². The van der Waals surface area contributed by atoms with E-state index in [9.17, 15) is 4.79 Å². The summed E-state index contributed by atoms with van der Waals surface area (Å²) in [6.45, 7) is 2.08. The second kappa shape index (κ2) is 5.54. The Labute approximate surface area is 118 Å². The minimum atomic E-state index is -0.347. The summed E-state index contributed by atoms with van der Waals surface area (Å²) in [6, 6.07) is 7.17. The molecule has 94 valence electrons. The molecule has 0 aliphatic heterocycles. The zero-order chi connectivity index (χ0) is 13.1. The molecule has 0 atom stereocenters. The van der Waals surface area contributed by atoms with E-state index in [1.54, 1.807) is 29.5 Å². The van der Waals surface area contributed by atoms with E-state index in [4.69, 9.17) is 10.5 Å². The van der Waals surface area contributed by atoms with Gasteiger partial charge in [-0.1, -0.05) is 6.07 Å². The van der Waals surface area contributed by atoms with Crippen molar-refractivity contribution in [1.82, 2.24) is 0 Å². The summed E-state index contributed by atoms with van der Waals surface area (Å²) in [5.41, 5.74) is 7.63. The molecule has 0 unspecified atom stereocenters. The van der Waals surface area contributed by atoms with Gasteiger partial charge >= 0.3 is 5.97 Å². The van der Waals surface area contributed by atoms with E-state index in [-0.39, 0.29) is 12.6 Å². The molecule has 1 heterocycles. The standard InChI is InChI=1S/C13H12BrNO2S/c1-8-9(3-2-4-11(8)15)13(16)17-7-12-10(14)5-6-18-12/h2-6H,7,15H2,1H3. The van der Waals surface area contributed by atoms with Gasteiger partial charge in [0, 0.05) is 10.2 Å². The van der Waals surface area contributed by atoms with Crippen molar-refractivity contribution >= 4 is 38.9 Å². The number of carbonyl (C=O) groups excluding carboxylic acids is 1. The summed E-state index contributed by atoms with van der Waals surface area (Å²) < 4.78 is 6.24.